The lowest BCUT2D eigenvalue weighted by Crippen LogP contribution is -2.37. The molecule has 1 amide bonds. The molecule has 0 radical (unpaired) electrons. The van der Waals surface area contributed by atoms with Gasteiger partial charge in [-0.2, -0.15) is 5.10 Å². The fourth-order valence-corrected chi connectivity index (χ4v) is 3.71. The first-order valence-electron chi connectivity index (χ1n) is 8.86. The monoisotopic (exact) mass is 341 g/mol. The van der Waals surface area contributed by atoms with Gasteiger partial charge in [-0.25, -0.2) is 0 Å². The minimum atomic E-state index is -0.0953. The molecule has 2 N–H and O–H groups in total. The normalized spacial score (nSPS) is 19.3. The second-order valence-electron chi connectivity index (χ2n) is 6.95. The molecule has 4 rings (SSSR count). The fourth-order valence-electron chi connectivity index (χ4n) is 3.71. The van der Waals surface area contributed by atoms with Crippen molar-refractivity contribution in [2.45, 2.75) is 50.6 Å². The Kier molecular flexibility index (Phi) is 4.11. The lowest BCUT2D eigenvalue weighted by molar-refractivity contribution is -0.134. The molecule has 2 aromatic rings. The summed E-state index contributed by atoms with van der Waals surface area (Å²) in [5, 5.41) is 16.9. The lowest BCUT2D eigenvalue weighted by atomic mass is 9.86. The number of methoxy groups -OCH3 is 1. The van der Waals surface area contributed by atoms with Crippen LogP contribution in [0.25, 0.3) is 0 Å². The molecule has 1 unspecified atom stereocenters. The van der Waals surface area contributed by atoms with Crippen molar-refractivity contribution in [1.29, 1.82) is 0 Å². The Bertz CT molecular complexity index is 782. The Labute approximate surface area is 146 Å². The largest absolute Gasteiger partial charge is 0.504 e. The number of aromatic nitrogens is 2. The third-order valence-electron chi connectivity index (χ3n) is 5.21. The molecule has 0 spiro atoms. The van der Waals surface area contributed by atoms with Crippen LogP contribution in [0, 0.1) is 0 Å². The van der Waals surface area contributed by atoms with Crippen LogP contribution in [0.4, 0.5) is 0 Å². The van der Waals surface area contributed by atoms with Gasteiger partial charge in [-0.1, -0.05) is 6.07 Å². The van der Waals surface area contributed by atoms with Crippen molar-refractivity contribution in [3.63, 3.8) is 0 Å². The number of fused-ring (bicyclic) bond motifs is 1. The molecule has 132 valence electrons. The number of phenolic OH excluding ortho intramolecular Hbond substituents is 1. The highest BCUT2D eigenvalue weighted by Crippen LogP contribution is 2.37. The molecule has 1 heterocycles. The van der Waals surface area contributed by atoms with Crippen LogP contribution in [-0.4, -0.2) is 39.3 Å². The summed E-state index contributed by atoms with van der Waals surface area (Å²) in [6.45, 7) is 0.545. The van der Waals surface area contributed by atoms with Gasteiger partial charge >= 0.3 is 0 Å². The topological polar surface area (TPSA) is 78.5 Å². The van der Waals surface area contributed by atoms with Crippen LogP contribution in [0.5, 0.6) is 11.5 Å². The number of aryl methyl sites for hydroxylation is 1. The molecule has 2 aliphatic rings. The average Bonchev–Trinajstić information content (AvgIpc) is 3.35. The van der Waals surface area contributed by atoms with E-state index in [0.29, 0.717) is 18.3 Å². The number of benzene rings is 1. The minimum Gasteiger partial charge on any atom is -0.504 e. The van der Waals surface area contributed by atoms with E-state index in [4.69, 9.17) is 4.74 Å². The molecule has 1 saturated carbocycles. The van der Waals surface area contributed by atoms with Gasteiger partial charge < -0.3 is 14.7 Å². The molecule has 2 aliphatic carbocycles. The second kappa shape index (κ2) is 6.43. The van der Waals surface area contributed by atoms with Crippen molar-refractivity contribution in [3.05, 3.63) is 41.2 Å². The predicted molar refractivity (Wildman–Crippen MR) is 92.5 cm³/mol. The van der Waals surface area contributed by atoms with Crippen LogP contribution in [0.3, 0.4) is 0 Å². The zero-order valence-corrected chi connectivity index (χ0v) is 14.4. The smallest absolute Gasteiger partial charge is 0.230 e. The van der Waals surface area contributed by atoms with E-state index in [1.807, 2.05) is 23.2 Å². The number of ether oxygens (including phenoxy) is 1. The fraction of sp³-hybridized carbons (Fsp3) is 0.474. The van der Waals surface area contributed by atoms with Crippen LogP contribution in [0.2, 0.25) is 0 Å². The number of amides is 1. The number of nitrogens with one attached hydrogen (secondary N) is 1. The molecular formula is C19H23N3O3. The van der Waals surface area contributed by atoms with Gasteiger partial charge in [-0.05, 0) is 49.8 Å². The number of aromatic amines is 1. The van der Waals surface area contributed by atoms with Crippen LogP contribution in [0.15, 0.2) is 24.4 Å². The first-order valence-corrected chi connectivity index (χ1v) is 8.86. The highest BCUT2D eigenvalue weighted by Gasteiger charge is 2.38. The maximum absolute atomic E-state index is 13.3. The minimum absolute atomic E-state index is 0.0953. The molecule has 1 fully saturated rings. The number of carbonyl (C=O) groups excluding carboxylic acids is 1. The van der Waals surface area contributed by atoms with Crippen molar-refractivity contribution in [1.82, 2.24) is 15.1 Å². The van der Waals surface area contributed by atoms with Crippen molar-refractivity contribution < 1.29 is 14.6 Å². The van der Waals surface area contributed by atoms with Crippen molar-refractivity contribution in [3.8, 4) is 11.5 Å². The number of aromatic hydroxyl groups is 1. The highest BCUT2D eigenvalue weighted by molar-refractivity contribution is 5.84. The SMILES string of the molecule is COc1cc(CN(C(=O)C2CCCc3[nH]ncc32)C2CC2)ccc1O. The molecular weight excluding hydrogens is 318 g/mol. The number of rotatable bonds is 5. The molecule has 0 bridgehead atoms. The van der Waals surface area contributed by atoms with Crippen molar-refractivity contribution in [2.75, 3.05) is 7.11 Å². The number of nitrogens with zero attached hydrogens (tertiary/aromatic N) is 2. The Balaban J connectivity index is 1.57. The number of H-pyrrole nitrogens is 1. The van der Waals surface area contributed by atoms with E-state index in [0.717, 1.165) is 48.9 Å². The van der Waals surface area contributed by atoms with Gasteiger partial charge in [-0.15, -0.1) is 0 Å². The van der Waals surface area contributed by atoms with Gasteiger partial charge in [0.1, 0.15) is 0 Å². The molecule has 25 heavy (non-hydrogen) atoms. The Morgan fingerprint density at radius 3 is 3.00 bits per heavy atom. The van der Waals surface area contributed by atoms with Gasteiger partial charge in [0.2, 0.25) is 5.91 Å². The van der Waals surface area contributed by atoms with Crippen LogP contribution >= 0.6 is 0 Å². The molecule has 1 aromatic carbocycles. The lowest BCUT2D eigenvalue weighted by Gasteiger charge is -2.29. The summed E-state index contributed by atoms with van der Waals surface area (Å²) >= 11 is 0. The number of carbonyl (C=O) groups is 1. The highest BCUT2D eigenvalue weighted by atomic mass is 16.5. The number of phenols is 1. The molecule has 0 saturated heterocycles. The third-order valence-corrected chi connectivity index (χ3v) is 5.21. The standard InChI is InChI=1S/C19H23N3O3/c1-25-18-9-12(5-8-17(18)23)11-22(13-6-7-13)19(24)14-3-2-4-16-15(14)10-20-21-16/h5,8-10,13-14,23H,2-4,6-7,11H2,1H3,(H,20,21). The zero-order valence-electron chi connectivity index (χ0n) is 14.4. The van der Waals surface area contributed by atoms with Gasteiger partial charge in [-0.3, -0.25) is 9.89 Å². The molecule has 0 aliphatic heterocycles. The zero-order chi connectivity index (χ0) is 17.4. The predicted octanol–water partition coefficient (Wildman–Crippen LogP) is 2.74. The summed E-state index contributed by atoms with van der Waals surface area (Å²) in [6, 6.07) is 5.61. The maximum atomic E-state index is 13.3. The number of hydrogen-bond acceptors (Lipinski definition) is 4. The van der Waals surface area contributed by atoms with Gasteiger partial charge in [0.15, 0.2) is 11.5 Å². The molecule has 1 aromatic heterocycles. The average molecular weight is 341 g/mol. The Morgan fingerprint density at radius 1 is 1.40 bits per heavy atom. The van der Waals surface area contributed by atoms with Crippen molar-refractivity contribution in [2.24, 2.45) is 0 Å². The first kappa shape index (κ1) is 16.0. The van der Waals surface area contributed by atoms with Crippen molar-refractivity contribution >= 4 is 5.91 Å². The summed E-state index contributed by atoms with van der Waals surface area (Å²) < 4.78 is 5.19. The van der Waals surface area contributed by atoms with E-state index in [1.54, 1.807) is 6.07 Å². The molecule has 6 heteroatoms. The summed E-state index contributed by atoms with van der Waals surface area (Å²) in [5.41, 5.74) is 3.13. The Morgan fingerprint density at radius 2 is 2.24 bits per heavy atom. The maximum Gasteiger partial charge on any atom is 0.230 e. The Hall–Kier alpha value is -2.50. The third kappa shape index (κ3) is 3.08. The number of hydrogen-bond donors (Lipinski definition) is 2. The van der Waals surface area contributed by atoms with E-state index < -0.39 is 0 Å². The summed E-state index contributed by atoms with van der Waals surface area (Å²) in [7, 11) is 1.53. The van der Waals surface area contributed by atoms with Gasteiger partial charge in [0.25, 0.3) is 0 Å². The van der Waals surface area contributed by atoms with Gasteiger partial charge in [0.05, 0.1) is 19.2 Å². The summed E-state index contributed by atoms with van der Waals surface area (Å²) in [4.78, 5) is 15.3. The quantitative estimate of drug-likeness (QED) is 0.876. The van der Waals surface area contributed by atoms with Crippen LogP contribution < -0.4 is 4.74 Å². The first-order chi connectivity index (χ1) is 12.2. The summed E-state index contributed by atoms with van der Waals surface area (Å²) in [6.07, 6.45) is 6.80. The summed E-state index contributed by atoms with van der Waals surface area (Å²) in [5.74, 6) is 0.653. The van der Waals surface area contributed by atoms with E-state index >= 15 is 0 Å². The van der Waals surface area contributed by atoms with E-state index in [2.05, 4.69) is 10.2 Å². The van der Waals surface area contributed by atoms with Crippen LogP contribution in [0.1, 0.15) is 48.4 Å². The van der Waals surface area contributed by atoms with Crippen LogP contribution in [-0.2, 0) is 17.8 Å². The molecule has 1 atom stereocenters. The van der Waals surface area contributed by atoms with E-state index in [9.17, 15) is 9.90 Å². The van der Waals surface area contributed by atoms with E-state index in [1.165, 1.54) is 7.11 Å². The van der Waals surface area contributed by atoms with Gasteiger partial charge in [0, 0.05) is 23.8 Å². The second-order valence-corrected chi connectivity index (χ2v) is 6.95. The molecule has 6 nitrogen and oxygen atoms in total. The van der Waals surface area contributed by atoms with E-state index in [-0.39, 0.29) is 17.6 Å².